The SMILES string of the molecule is CC(=O)[C@H](Cc1ccc([N+](=O)[O-])cc1)Nc1nc(Cl)ncc1[N+](=O)[O-]. The number of nitro benzene ring substituents is 1. The Bertz CT molecular complexity index is 827. The summed E-state index contributed by atoms with van der Waals surface area (Å²) in [5, 5.41) is 24.2. The van der Waals surface area contributed by atoms with Gasteiger partial charge in [-0.05, 0) is 30.5 Å². The maximum atomic E-state index is 11.9. The third-order valence-corrected chi connectivity index (χ3v) is 3.51. The second-order valence-electron chi connectivity index (χ2n) is 5.07. The van der Waals surface area contributed by atoms with E-state index in [2.05, 4.69) is 15.3 Å². The monoisotopic (exact) mass is 365 g/mol. The molecule has 0 aliphatic rings. The lowest BCUT2D eigenvalue weighted by Gasteiger charge is -2.16. The van der Waals surface area contributed by atoms with Gasteiger partial charge >= 0.3 is 5.69 Å². The number of nitrogens with one attached hydrogen (secondary N) is 1. The number of rotatable bonds is 7. The van der Waals surface area contributed by atoms with Crippen molar-refractivity contribution in [3.05, 3.63) is 61.5 Å². The minimum Gasteiger partial charge on any atom is -0.354 e. The van der Waals surface area contributed by atoms with Crippen LogP contribution in [0.5, 0.6) is 0 Å². The molecule has 0 amide bonds. The molecule has 0 bridgehead atoms. The summed E-state index contributed by atoms with van der Waals surface area (Å²) in [5.41, 5.74) is 0.148. The predicted octanol–water partition coefficient (Wildman–Crippen LogP) is 2.56. The fourth-order valence-electron chi connectivity index (χ4n) is 2.04. The zero-order chi connectivity index (χ0) is 18.6. The largest absolute Gasteiger partial charge is 0.354 e. The Hall–Kier alpha value is -3.14. The number of carbonyl (C=O) groups is 1. The molecule has 1 N–H and O–H groups in total. The fourth-order valence-corrected chi connectivity index (χ4v) is 2.18. The molecule has 1 atom stereocenters. The van der Waals surface area contributed by atoms with Crippen LogP contribution >= 0.6 is 11.6 Å². The predicted molar refractivity (Wildman–Crippen MR) is 88.6 cm³/mol. The first-order chi connectivity index (χ1) is 11.8. The Labute approximate surface area is 146 Å². The van der Waals surface area contributed by atoms with Crippen molar-refractivity contribution in [3.63, 3.8) is 0 Å². The standard InChI is InChI=1S/C14H12ClN5O5/c1-8(21)11(6-9-2-4-10(5-3-9)19(22)23)17-13-12(20(24)25)7-16-14(15)18-13/h2-5,7,11H,6H2,1H3,(H,16,17,18)/t11-/m0/s1. The van der Waals surface area contributed by atoms with Gasteiger partial charge in [0.05, 0.1) is 15.9 Å². The minimum absolute atomic E-state index is 0.0747. The molecule has 25 heavy (non-hydrogen) atoms. The molecular weight excluding hydrogens is 354 g/mol. The first-order valence-electron chi connectivity index (χ1n) is 6.95. The van der Waals surface area contributed by atoms with Crippen LogP contribution in [0.1, 0.15) is 12.5 Å². The Balaban J connectivity index is 2.25. The van der Waals surface area contributed by atoms with Gasteiger partial charge in [-0.3, -0.25) is 25.0 Å². The third-order valence-electron chi connectivity index (χ3n) is 3.33. The molecule has 0 aliphatic carbocycles. The number of Topliss-reactive ketones (excluding diaryl/α,β-unsaturated/α-hetero) is 1. The number of ketones is 1. The summed E-state index contributed by atoms with van der Waals surface area (Å²) in [4.78, 5) is 39.7. The van der Waals surface area contributed by atoms with Crippen LogP contribution in [0.4, 0.5) is 17.2 Å². The molecule has 1 aromatic heterocycles. The molecule has 0 saturated carbocycles. The number of aromatic nitrogens is 2. The molecule has 1 heterocycles. The molecular formula is C14H12ClN5O5. The number of hydrogen-bond acceptors (Lipinski definition) is 8. The lowest BCUT2D eigenvalue weighted by atomic mass is 10.0. The molecule has 0 spiro atoms. The second-order valence-corrected chi connectivity index (χ2v) is 5.40. The van der Waals surface area contributed by atoms with Crippen molar-refractivity contribution < 1.29 is 14.6 Å². The molecule has 10 nitrogen and oxygen atoms in total. The van der Waals surface area contributed by atoms with Crippen molar-refractivity contribution in [2.24, 2.45) is 0 Å². The van der Waals surface area contributed by atoms with Crippen molar-refractivity contribution in [2.75, 3.05) is 5.32 Å². The van der Waals surface area contributed by atoms with Crippen LogP contribution < -0.4 is 5.32 Å². The van der Waals surface area contributed by atoms with E-state index in [1.807, 2.05) is 0 Å². The molecule has 0 aliphatic heterocycles. The quantitative estimate of drug-likeness (QED) is 0.448. The molecule has 0 unspecified atom stereocenters. The van der Waals surface area contributed by atoms with Crippen molar-refractivity contribution in [1.29, 1.82) is 0 Å². The molecule has 0 saturated heterocycles. The van der Waals surface area contributed by atoms with E-state index < -0.39 is 21.6 Å². The number of benzene rings is 1. The van der Waals surface area contributed by atoms with Crippen molar-refractivity contribution in [3.8, 4) is 0 Å². The van der Waals surface area contributed by atoms with Crippen LogP contribution in [0.25, 0.3) is 0 Å². The zero-order valence-corrected chi connectivity index (χ0v) is 13.6. The normalized spacial score (nSPS) is 11.6. The highest BCUT2D eigenvalue weighted by atomic mass is 35.5. The summed E-state index contributed by atoms with van der Waals surface area (Å²) >= 11 is 5.66. The van der Waals surface area contributed by atoms with Gasteiger partial charge in [0.2, 0.25) is 11.1 Å². The van der Waals surface area contributed by atoms with Gasteiger partial charge in [-0.25, -0.2) is 4.98 Å². The van der Waals surface area contributed by atoms with E-state index in [9.17, 15) is 25.0 Å². The molecule has 2 aromatic rings. The first-order valence-corrected chi connectivity index (χ1v) is 7.33. The molecule has 130 valence electrons. The van der Waals surface area contributed by atoms with Crippen LogP contribution in [-0.4, -0.2) is 31.6 Å². The smallest absolute Gasteiger partial charge is 0.329 e. The Morgan fingerprint density at radius 1 is 1.24 bits per heavy atom. The van der Waals surface area contributed by atoms with Gasteiger partial charge in [-0.15, -0.1) is 0 Å². The van der Waals surface area contributed by atoms with Crippen LogP contribution in [-0.2, 0) is 11.2 Å². The second kappa shape index (κ2) is 7.62. The van der Waals surface area contributed by atoms with Gasteiger partial charge in [-0.1, -0.05) is 12.1 Å². The number of nitro groups is 2. The summed E-state index contributed by atoms with van der Waals surface area (Å²) in [6.45, 7) is 1.32. The van der Waals surface area contributed by atoms with Crippen molar-refractivity contribution in [2.45, 2.75) is 19.4 Å². The van der Waals surface area contributed by atoms with E-state index in [1.54, 1.807) is 0 Å². The van der Waals surface area contributed by atoms with E-state index in [0.717, 1.165) is 6.20 Å². The number of hydrogen-bond donors (Lipinski definition) is 1. The van der Waals surface area contributed by atoms with E-state index >= 15 is 0 Å². The van der Waals surface area contributed by atoms with Gasteiger partial charge in [0.15, 0.2) is 5.78 Å². The molecule has 11 heteroatoms. The molecule has 1 aromatic carbocycles. The molecule has 2 rings (SSSR count). The number of anilines is 1. The highest BCUT2D eigenvalue weighted by Crippen LogP contribution is 2.24. The molecule has 0 fully saturated rings. The van der Waals surface area contributed by atoms with E-state index in [-0.39, 0.29) is 29.0 Å². The van der Waals surface area contributed by atoms with Gasteiger partial charge < -0.3 is 5.32 Å². The Morgan fingerprint density at radius 2 is 1.88 bits per heavy atom. The highest BCUT2D eigenvalue weighted by Gasteiger charge is 2.23. The summed E-state index contributed by atoms with van der Waals surface area (Å²) in [6, 6.07) is 4.83. The highest BCUT2D eigenvalue weighted by molar-refractivity contribution is 6.28. The maximum absolute atomic E-state index is 11.9. The summed E-state index contributed by atoms with van der Waals surface area (Å²) in [6.07, 6.45) is 1.10. The minimum atomic E-state index is -0.828. The number of halogens is 1. The average Bonchev–Trinajstić information content (AvgIpc) is 2.54. The first kappa shape index (κ1) is 18.2. The van der Waals surface area contributed by atoms with Crippen molar-refractivity contribution >= 4 is 34.6 Å². The summed E-state index contributed by atoms with van der Waals surface area (Å²) in [7, 11) is 0. The lowest BCUT2D eigenvalue weighted by molar-refractivity contribution is -0.384. The average molecular weight is 366 g/mol. The van der Waals surface area contributed by atoms with Gasteiger partial charge in [0, 0.05) is 12.1 Å². The number of carbonyl (C=O) groups excluding carboxylic acids is 1. The van der Waals surface area contributed by atoms with Gasteiger partial charge in [0.25, 0.3) is 5.69 Å². The third kappa shape index (κ3) is 4.67. The zero-order valence-electron chi connectivity index (χ0n) is 12.9. The Morgan fingerprint density at radius 3 is 2.40 bits per heavy atom. The maximum Gasteiger partial charge on any atom is 0.329 e. The summed E-state index contributed by atoms with van der Waals surface area (Å²) < 4.78 is 0. The van der Waals surface area contributed by atoms with E-state index in [4.69, 9.17) is 11.6 Å². The number of nitrogens with zero attached hydrogens (tertiary/aromatic N) is 4. The van der Waals surface area contributed by atoms with Crippen LogP contribution in [0, 0.1) is 20.2 Å². The van der Waals surface area contributed by atoms with Crippen LogP contribution in [0.2, 0.25) is 5.28 Å². The summed E-state index contributed by atoms with van der Waals surface area (Å²) in [5.74, 6) is -0.463. The van der Waals surface area contributed by atoms with E-state index in [0.29, 0.717) is 5.56 Å². The van der Waals surface area contributed by atoms with E-state index in [1.165, 1.54) is 31.2 Å². The lowest BCUT2D eigenvalue weighted by Crippen LogP contribution is -2.30. The van der Waals surface area contributed by atoms with Crippen LogP contribution in [0.15, 0.2) is 30.5 Å². The molecule has 0 radical (unpaired) electrons. The number of non-ortho nitro benzene ring substituents is 1. The van der Waals surface area contributed by atoms with Crippen LogP contribution in [0.3, 0.4) is 0 Å². The topological polar surface area (TPSA) is 141 Å². The van der Waals surface area contributed by atoms with Gasteiger partial charge in [0.1, 0.15) is 6.20 Å². The fraction of sp³-hybridized carbons (Fsp3) is 0.214. The van der Waals surface area contributed by atoms with Gasteiger partial charge in [-0.2, -0.15) is 4.98 Å². The Kier molecular flexibility index (Phi) is 5.55. The van der Waals surface area contributed by atoms with Crippen molar-refractivity contribution in [1.82, 2.24) is 9.97 Å².